The molecule has 0 aliphatic carbocycles. The van der Waals surface area contributed by atoms with E-state index in [1.165, 1.54) is 23.1 Å². The highest BCUT2D eigenvalue weighted by molar-refractivity contribution is 5.81. The van der Waals surface area contributed by atoms with Crippen molar-refractivity contribution in [1.29, 1.82) is 0 Å². The van der Waals surface area contributed by atoms with Gasteiger partial charge in [-0.15, -0.1) is 0 Å². The SMILES string of the molecule is O=C(NCCc1cccc(-c2ccccc2)c1)[C@@H]1CCCCN1. The van der Waals surface area contributed by atoms with Crippen molar-refractivity contribution in [3.63, 3.8) is 0 Å². The van der Waals surface area contributed by atoms with E-state index < -0.39 is 0 Å². The second-order valence-corrected chi connectivity index (χ2v) is 6.11. The fraction of sp³-hybridized carbons (Fsp3) is 0.350. The lowest BCUT2D eigenvalue weighted by atomic mass is 10.0. The van der Waals surface area contributed by atoms with Gasteiger partial charge in [-0.3, -0.25) is 4.79 Å². The topological polar surface area (TPSA) is 41.1 Å². The van der Waals surface area contributed by atoms with Crippen LogP contribution >= 0.6 is 0 Å². The summed E-state index contributed by atoms with van der Waals surface area (Å²) in [6.07, 6.45) is 4.13. The van der Waals surface area contributed by atoms with E-state index in [4.69, 9.17) is 0 Å². The van der Waals surface area contributed by atoms with E-state index in [0.29, 0.717) is 6.54 Å². The van der Waals surface area contributed by atoms with E-state index in [-0.39, 0.29) is 11.9 Å². The van der Waals surface area contributed by atoms with Gasteiger partial charge in [0.1, 0.15) is 0 Å². The highest BCUT2D eigenvalue weighted by Gasteiger charge is 2.19. The molecule has 0 aromatic heterocycles. The lowest BCUT2D eigenvalue weighted by Gasteiger charge is -2.22. The highest BCUT2D eigenvalue weighted by atomic mass is 16.2. The van der Waals surface area contributed by atoms with Crippen molar-refractivity contribution in [3.05, 3.63) is 60.2 Å². The summed E-state index contributed by atoms with van der Waals surface area (Å²) in [6.45, 7) is 1.65. The van der Waals surface area contributed by atoms with Crippen LogP contribution in [0.25, 0.3) is 11.1 Å². The molecule has 3 nitrogen and oxygen atoms in total. The third kappa shape index (κ3) is 4.42. The molecule has 2 aromatic carbocycles. The Morgan fingerprint density at radius 2 is 1.87 bits per heavy atom. The average molecular weight is 308 g/mol. The molecule has 1 aliphatic rings. The van der Waals surface area contributed by atoms with Crippen LogP contribution in [0.2, 0.25) is 0 Å². The van der Waals surface area contributed by atoms with E-state index in [1.807, 2.05) is 6.07 Å². The smallest absolute Gasteiger partial charge is 0.237 e. The monoisotopic (exact) mass is 308 g/mol. The number of hydrogen-bond acceptors (Lipinski definition) is 2. The predicted molar refractivity (Wildman–Crippen MR) is 94.2 cm³/mol. The van der Waals surface area contributed by atoms with Crippen LogP contribution < -0.4 is 10.6 Å². The van der Waals surface area contributed by atoms with Crippen LogP contribution in [0.1, 0.15) is 24.8 Å². The minimum atomic E-state index is -0.000553. The zero-order valence-electron chi connectivity index (χ0n) is 13.4. The standard InChI is InChI=1S/C20H24N2O/c23-20(19-11-4-5-13-21-19)22-14-12-16-7-6-10-18(15-16)17-8-2-1-3-9-17/h1-3,6-10,15,19,21H,4-5,11-14H2,(H,22,23)/t19-/m0/s1. The Bertz CT molecular complexity index is 633. The van der Waals surface area contributed by atoms with Gasteiger partial charge in [0.15, 0.2) is 0 Å². The van der Waals surface area contributed by atoms with Crippen molar-refractivity contribution in [3.8, 4) is 11.1 Å². The molecule has 1 aliphatic heterocycles. The molecule has 2 aromatic rings. The summed E-state index contributed by atoms with van der Waals surface area (Å²) in [6, 6.07) is 18.9. The minimum absolute atomic E-state index is 0.000553. The molecule has 3 heteroatoms. The number of carbonyl (C=O) groups excluding carboxylic acids is 1. The third-order valence-corrected chi connectivity index (χ3v) is 4.37. The molecule has 120 valence electrons. The van der Waals surface area contributed by atoms with Gasteiger partial charge in [0.05, 0.1) is 6.04 Å². The summed E-state index contributed by atoms with van der Waals surface area (Å²) in [4.78, 5) is 12.1. The third-order valence-electron chi connectivity index (χ3n) is 4.37. The number of carbonyl (C=O) groups is 1. The van der Waals surface area contributed by atoms with Crippen molar-refractivity contribution in [2.75, 3.05) is 13.1 Å². The molecule has 0 saturated carbocycles. The van der Waals surface area contributed by atoms with E-state index in [1.54, 1.807) is 0 Å². The van der Waals surface area contributed by atoms with Crippen LogP contribution in [0, 0.1) is 0 Å². The van der Waals surface area contributed by atoms with Gasteiger partial charge >= 0.3 is 0 Å². The number of amides is 1. The molecular weight excluding hydrogens is 284 g/mol. The van der Waals surface area contributed by atoms with Gasteiger partial charge in [0, 0.05) is 6.54 Å². The van der Waals surface area contributed by atoms with Crippen molar-refractivity contribution in [1.82, 2.24) is 10.6 Å². The second-order valence-electron chi connectivity index (χ2n) is 6.11. The molecule has 0 radical (unpaired) electrons. The number of benzene rings is 2. The van der Waals surface area contributed by atoms with Gasteiger partial charge in [-0.25, -0.2) is 0 Å². The first kappa shape index (κ1) is 15.8. The summed E-state index contributed by atoms with van der Waals surface area (Å²) < 4.78 is 0. The summed E-state index contributed by atoms with van der Waals surface area (Å²) >= 11 is 0. The molecule has 0 unspecified atom stereocenters. The molecule has 0 bridgehead atoms. The normalized spacial score (nSPS) is 17.7. The van der Waals surface area contributed by atoms with Crippen LogP contribution in [-0.4, -0.2) is 25.0 Å². The molecule has 23 heavy (non-hydrogen) atoms. The quantitative estimate of drug-likeness (QED) is 0.891. The maximum Gasteiger partial charge on any atom is 0.237 e. The molecule has 1 amide bonds. The summed E-state index contributed by atoms with van der Waals surface area (Å²) in [5.41, 5.74) is 3.71. The van der Waals surface area contributed by atoms with Crippen molar-refractivity contribution < 1.29 is 4.79 Å². The number of piperidine rings is 1. The summed E-state index contributed by atoms with van der Waals surface area (Å²) in [5.74, 6) is 0.143. The van der Waals surface area contributed by atoms with Crippen LogP contribution in [0.5, 0.6) is 0 Å². The van der Waals surface area contributed by atoms with E-state index in [2.05, 4.69) is 59.2 Å². The zero-order valence-corrected chi connectivity index (χ0v) is 13.4. The van der Waals surface area contributed by atoms with Gasteiger partial charge in [0.25, 0.3) is 0 Å². The average Bonchev–Trinajstić information content (AvgIpc) is 2.63. The molecule has 1 fully saturated rings. The highest BCUT2D eigenvalue weighted by Crippen LogP contribution is 2.20. The Morgan fingerprint density at radius 3 is 2.65 bits per heavy atom. The van der Waals surface area contributed by atoms with Crippen molar-refractivity contribution in [2.45, 2.75) is 31.7 Å². The van der Waals surface area contributed by atoms with E-state index >= 15 is 0 Å². The summed E-state index contributed by atoms with van der Waals surface area (Å²) in [7, 11) is 0. The van der Waals surface area contributed by atoms with Crippen molar-refractivity contribution >= 4 is 5.91 Å². The molecular formula is C20H24N2O. The molecule has 1 atom stereocenters. The number of rotatable bonds is 5. The summed E-state index contributed by atoms with van der Waals surface area (Å²) in [5, 5.41) is 6.34. The minimum Gasteiger partial charge on any atom is -0.354 e. The first-order valence-electron chi connectivity index (χ1n) is 8.48. The Morgan fingerprint density at radius 1 is 1.04 bits per heavy atom. The first-order chi connectivity index (χ1) is 11.3. The maximum atomic E-state index is 12.1. The fourth-order valence-corrected chi connectivity index (χ4v) is 3.07. The number of hydrogen-bond donors (Lipinski definition) is 2. The lowest BCUT2D eigenvalue weighted by Crippen LogP contribution is -2.47. The van der Waals surface area contributed by atoms with Crippen LogP contribution in [0.3, 0.4) is 0 Å². The first-order valence-corrected chi connectivity index (χ1v) is 8.48. The maximum absolute atomic E-state index is 12.1. The molecule has 1 heterocycles. The second kappa shape index (κ2) is 7.93. The predicted octanol–water partition coefficient (Wildman–Crippen LogP) is 3.15. The Balaban J connectivity index is 1.53. The molecule has 2 N–H and O–H groups in total. The van der Waals surface area contributed by atoms with Crippen molar-refractivity contribution in [2.24, 2.45) is 0 Å². The largest absolute Gasteiger partial charge is 0.354 e. The van der Waals surface area contributed by atoms with Gasteiger partial charge in [0.2, 0.25) is 5.91 Å². The molecule has 3 rings (SSSR count). The van der Waals surface area contributed by atoms with Crippen LogP contribution in [0.4, 0.5) is 0 Å². The van der Waals surface area contributed by atoms with Gasteiger partial charge < -0.3 is 10.6 Å². The van der Waals surface area contributed by atoms with E-state index in [9.17, 15) is 4.79 Å². The van der Waals surface area contributed by atoms with Gasteiger partial charge in [-0.1, -0.05) is 61.0 Å². The Hall–Kier alpha value is -2.13. The van der Waals surface area contributed by atoms with Crippen LogP contribution in [-0.2, 0) is 11.2 Å². The van der Waals surface area contributed by atoms with Gasteiger partial charge in [-0.2, -0.15) is 0 Å². The Labute approximate surface area is 138 Å². The Kier molecular flexibility index (Phi) is 5.43. The van der Waals surface area contributed by atoms with E-state index in [0.717, 1.165) is 25.8 Å². The molecule has 0 spiro atoms. The van der Waals surface area contributed by atoms with Gasteiger partial charge in [-0.05, 0) is 42.5 Å². The number of nitrogens with one attached hydrogen (secondary N) is 2. The fourth-order valence-electron chi connectivity index (χ4n) is 3.07. The van der Waals surface area contributed by atoms with Crippen LogP contribution in [0.15, 0.2) is 54.6 Å². The molecule has 1 saturated heterocycles. The lowest BCUT2D eigenvalue weighted by molar-refractivity contribution is -0.123. The zero-order chi connectivity index (χ0) is 15.9.